The fraction of sp³-hybridized carbons (Fsp3) is 0.600. The second-order valence-corrected chi connectivity index (χ2v) is 7.23. The maximum absolute atomic E-state index is 12.4. The van der Waals surface area contributed by atoms with E-state index in [-0.39, 0.29) is 6.04 Å². The Labute approximate surface area is 127 Å². The third-order valence-corrected chi connectivity index (χ3v) is 5.44. The molecule has 0 radical (unpaired) electrons. The Hall–Kier alpha value is -1.11. The Kier molecular flexibility index (Phi) is 5.61. The number of anilines is 1. The maximum atomic E-state index is 12.4. The Morgan fingerprint density at radius 1 is 1.19 bits per heavy atom. The minimum Gasteiger partial charge on any atom is -0.388 e. The van der Waals surface area contributed by atoms with Crippen molar-refractivity contribution < 1.29 is 8.42 Å². The van der Waals surface area contributed by atoms with Gasteiger partial charge in [0, 0.05) is 18.8 Å². The molecule has 1 aliphatic rings. The van der Waals surface area contributed by atoms with Crippen LogP contribution >= 0.6 is 0 Å². The summed E-state index contributed by atoms with van der Waals surface area (Å²) in [6.07, 6.45) is 2.91. The zero-order chi connectivity index (χ0) is 15.3. The summed E-state index contributed by atoms with van der Waals surface area (Å²) >= 11 is 0. The SMILES string of the molecule is CCCN1CCC(NS(=O)(=O)c2ccc(NC)cc2)CC1. The first-order valence-corrected chi connectivity index (χ1v) is 9.06. The van der Waals surface area contributed by atoms with Crippen LogP contribution in [0.25, 0.3) is 0 Å². The van der Waals surface area contributed by atoms with Crippen LogP contribution < -0.4 is 10.0 Å². The highest BCUT2D eigenvalue weighted by atomic mass is 32.2. The van der Waals surface area contributed by atoms with Gasteiger partial charge in [-0.25, -0.2) is 13.1 Å². The summed E-state index contributed by atoms with van der Waals surface area (Å²) in [4.78, 5) is 2.73. The molecule has 118 valence electrons. The lowest BCUT2D eigenvalue weighted by molar-refractivity contribution is 0.208. The molecule has 5 nitrogen and oxygen atoms in total. The topological polar surface area (TPSA) is 61.4 Å². The van der Waals surface area contributed by atoms with Crippen LogP contribution in [0.15, 0.2) is 29.2 Å². The van der Waals surface area contributed by atoms with E-state index < -0.39 is 10.0 Å². The molecule has 0 saturated carbocycles. The molecular formula is C15H25N3O2S. The average Bonchev–Trinajstić information content (AvgIpc) is 2.49. The molecule has 0 unspecified atom stereocenters. The number of likely N-dealkylation sites (tertiary alicyclic amines) is 1. The van der Waals surface area contributed by atoms with Crippen molar-refractivity contribution in [3.63, 3.8) is 0 Å². The first-order valence-electron chi connectivity index (χ1n) is 7.57. The predicted molar refractivity (Wildman–Crippen MR) is 86.1 cm³/mol. The van der Waals surface area contributed by atoms with Gasteiger partial charge in [-0.15, -0.1) is 0 Å². The summed E-state index contributed by atoms with van der Waals surface area (Å²) in [5.74, 6) is 0. The molecule has 1 aromatic rings. The van der Waals surface area contributed by atoms with Gasteiger partial charge in [0.2, 0.25) is 10.0 Å². The third kappa shape index (κ3) is 4.43. The van der Waals surface area contributed by atoms with Gasteiger partial charge in [-0.05, 0) is 63.2 Å². The summed E-state index contributed by atoms with van der Waals surface area (Å²) in [7, 11) is -1.60. The van der Waals surface area contributed by atoms with Gasteiger partial charge >= 0.3 is 0 Å². The quantitative estimate of drug-likeness (QED) is 0.842. The first-order chi connectivity index (χ1) is 10.0. The summed E-state index contributed by atoms with van der Waals surface area (Å²) < 4.78 is 27.6. The van der Waals surface area contributed by atoms with Gasteiger partial charge in [-0.2, -0.15) is 0 Å². The smallest absolute Gasteiger partial charge is 0.240 e. The molecule has 1 heterocycles. The van der Waals surface area contributed by atoms with Crippen molar-refractivity contribution in [3.8, 4) is 0 Å². The van der Waals surface area contributed by atoms with Gasteiger partial charge in [0.15, 0.2) is 0 Å². The molecule has 0 atom stereocenters. The van der Waals surface area contributed by atoms with E-state index in [1.807, 2.05) is 7.05 Å². The standard InChI is InChI=1S/C15H25N3O2S/c1-3-10-18-11-8-14(9-12-18)17-21(19,20)15-6-4-13(16-2)5-7-15/h4-7,14,16-17H,3,8-12H2,1-2H3. The van der Waals surface area contributed by atoms with Crippen molar-refractivity contribution >= 4 is 15.7 Å². The Morgan fingerprint density at radius 2 is 1.81 bits per heavy atom. The molecule has 1 aliphatic heterocycles. The van der Waals surface area contributed by atoms with E-state index in [2.05, 4.69) is 21.9 Å². The number of benzene rings is 1. The largest absolute Gasteiger partial charge is 0.388 e. The van der Waals surface area contributed by atoms with Crippen molar-refractivity contribution in [2.24, 2.45) is 0 Å². The van der Waals surface area contributed by atoms with Crippen LogP contribution in [0.2, 0.25) is 0 Å². The minimum atomic E-state index is -3.41. The van der Waals surface area contributed by atoms with Crippen LogP contribution in [0.3, 0.4) is 0 Å². The van der Waals surface area contributed by atoms with E-state index in [1.165, 1.54) is 0 Å². The molecule has 6 heteroatoms. The molecule has 0 aliphatic carbocycles. The van der Waals surface area contributed by atoms with Crippen molar-refractivity contribution in [2.75, 3.05) is 32.0 Å². The second kappa shape index (κ2) is 7.24. The van der Waals surface area contributed by atoms with E-state index in [0.717, 1.165) is 44.6 Å². The summed E-state index contributed by atoms with van der Waals surface area (Å²) in [5.41, 5.74) is 0.904. The lowest BCUT2D eigenvalue weighted by atomic mass is 10.1. The van der Waals surface area contributed by atoms with Crippen molar-refractivity contribution in [1.82, 2.24) is 9.62 Å². The normalized spacial score (nSPS) is 17.8. The highest BCUT2D eigenvalue weighted by Gasteiger charge is 2.24. The van der Waals surface area contributed by atoms with Gasteiger partial charge in [0.1, 0.15) is 0 Å². The van der Waals surface area contributed by atoms with E-state index in [1.54, 1.807) is 24.3 Å². The molecule has 1 fully saturated rings. The van der Waals surface area contributed by atoms with E-state index in [9.17, 15) is 8.42 Å². The highest BCUT2D eigenvalue weighted by Crippen LogP contribution is 2.17. The molecule has 1 aromatic carbocycles. The Balaban J connectivity index is 1.95. The molecule has 0 spiro atoms. The fourth-order valence-corrected chi connectivity index (χ4v) is 3.98. The molecule has 1 saturated heterocycles. The van der Waals surface area contributed by atoms with Crippen LogP contribution in [0.4, 0.5) is 5.69 Å². The van der Waals surface area contributed by atoms with Crippen LogP contribution in [-0.4, -0.2) is 46.0 Å². The predicted octanol–water partition coefficient (Wildman–Crippen LogP) is 1.88. The average molecular weight is 311 g/mol. The van der Waals surface area contributed by atoms with Gasteiger partial charge in [-0.3, -0.25) is 0 Å². The van der Waals surface area contributed by atoms with Crippen LogP contribution in [-0.2, 0) is 10.0 Å². The van der Waals surface area contributed by atoms with Gasteiger partial charge in [-0.1, -0.05) is 6.92 Å². The fourth-order valence-electron chi connectivity index (χ4n) is 2.68. The minimum absolute atomic E-state index is 0.0482. The van der Waals surface area contributed by atoms with Crippen molar-refractivity contribution in [3.05, 3.63) is 24.3 Å². The first kappa shape index (κ1) is 16.3. The van der Waals surface area contributed by atoms with Crippen LogP contribution in [0.1, 0.15) is 26.2 Å². The van der Waals surface area contributed by atoms with Gasteiger partial charge in [0.25, 0.3) is 0 Å². The molecule has 0 amide bonds. The monoisotopic (exact) mass is 311 g/mol. The van der Waals surface area contributed by atoms with Gasteiger partial charge in [0.05, 0.1) is 4.90 Å². The number of rotatable bonds is 6. The van der Waals surface area contributed by atoms with E-state index in [4.69, 9.17) is 0 Å². The number of nitrogens with zero attached hydrogens (tertiary/aromatic N) is 1. The Bertz CT molecular complexity index is 535. The van der Waals surface area contributed by atoms with Crippen molar-refractivity contribution in [1.29, 1.82) is 0 Å². The summed E-state index contributed by atoms with van der Waals surface area (Å²) in [5, 5.41) is 2.98. The molecule has 0 aromatic heterocycles. The zero-order valence-electron chi connectivity index (χ0n) is 12.8. The van der Waals surface area contributed by atoms with Crippen molar-refractivity contribution in [2.45, 2.75) is 37.1 Å². The van der Waals surface area contributed by atoms with E-state index >= 15 is 0 Å². The molecule has 2 N–H and O–H groups in total. The lowest BCUT2D eigenvalue weighted by Crippen LogP contribution is -2.44. The second-order valence-electron chi connectivity index (χ2n) is 5.51. The highest BCUT2D eigenvalue weighted by molar-refractivity contribution is 7.89. The lowest BCUT2D eigenvalue weighted by Gasteiger charge is -2.31. The molecule has 0 bridgehead atoms. The zero-order valence-corrected chi connectivity index (χ0v) is 13.6. The van der Waals surface area contributed by atoms with Gasteiger partial charge < -0.3 is 10.2 Å². The molecule has 2 rings (SSSR count). The number of piperidine rings is 1. The summed E-state index contributed by atoms with van der Waals surface area (Å²) in [6.45, 7) is 5.22. The molecule has 21 heavy (non-hydrogen) atoms. The summed E-state index contributed by atoms with van der Waals surface area (Å²) in [6, 6.07) is 6.88. The number of hydrogen-bond acceptors (Lipinski definition) is 4. The maximum Gasteiger partial charge on any atom is 0.240 e. The number of hydrogen-bond donors (Lipinski definition) is 2. The number of nitrogens with one attached hydrogen (secondary N) is 2. The Morgan fingerprint density at radius 3 is 2.33 bits per heavy atom. The molecular weight excluding hydrogens is 286 g/mol. The van der Waals surface area contributed by atoms with E-state index in [0.29, 0.717) is 4.90 Å². The van der Waals surface area contributed by atoms with Crippen LogP contribution in [0, 0.1) is 0 Å². The number of sulfonamides is 1. The van der Waals surface area contributed by atoms with Crippen LogP contribution in [0.5, 0.6) is 0 Å². The third-order valence-electron chi connectivity index (χ3n) is 3.90.